The normalized spacial score (nSPS) is 10.6. The minimum atomic E-state index is -0.486. The molecule has 0 spiro atoms. The average Bonchev–Trinajstić information content (AvgIpc) is 2.92. The van der Waals surface area contributed by atoms with Gasteiger partial charge in [-0.2, -0.15) is 0 Å². The molecule has 1 aromatic heterocycles. The van der Waals surface area contributed by atoms with Crippen LogP contribution in [0.5, 0.6) is 17.2 Å². The quantitative estimate of drug-likeness (QED) is 0.502. The van der Waals surface area contributed by atoms with Crippen molar-refractivity contribution in [2.75, 3.05) is 14.2 Å². The first-order chi connectivity index (χ1) is 11.1. The van der Waals surface area contributed by atoms with Crippen LogP contribution < -0.4 is 14.2 Å². The molecule has 0 aliphatic carbocycles. The van der Waals surface area contributed by atoms with Crippen LogP contribution in [0.15, 0.2) is 42.5 Å². The molecule has 0 amide bonds. The van der Waals surface area contributed by atoms with Gasteiger partial charge in [0.05, 0.1) is 19.2 Å². The number of carbonyl (C=O) groups excluding carboxylic acids is 1. The highest BCUT2D eigenvalue weighted by Crippen LogP contribution is 2.37. The lowest BCUT2D eigenvalue weighted by atomic mass is 10.2. The van der Waals surface area contributed by atoms with Gasteiger partial charge in [-0.1, -0.05) is 11.6 Å². The van der Waals surface area contributed by atoms with Crippen LogP contribution in [0.4, 0.5) is 0 Å². The molecule has 0 saturated heterocycles. The van der Waals surface area contributed by atoms with Gasteiger partial charge in [-0.3, -0.25) is 0 Å². The van der Waals surface area contributed by atoms with E-state index in [2.05, 4.69) is 0 Å². The van der Waals surface area contributed by atoms with Gasteiger partial charge in [0.2, 0.25) is 0 Å². The molecule has 0 N–H and O–H groups in total. The molecule has 0 bridgehead atoms. The molecule has 0 radical (unpaired) electrons. The number of carbonyl (C=O) groups is 1. The molecule has 3 rings (SSSR count). The molecule has 2 aromatic carbocycles. The van der Waals surface area contributed by atoms with Crippen molar-refractivity contribution in [1.82, 2.24) is 0 Å². The second kappa shape index (κ2) is 6.48. The fraction of sp³-hybridized carbons (Fsp3) is 0.118. The summed E-state index contributed by atoms with van der Waals surface area (Å²) < 4.78 is 16.5. The third kappa shape index (κ3) is 3.11. The molecule has 0 atom stereocenters. The third-order valence-electron chi connectivity index (χ3n) is 3.29. The highest BCUT2D eigenvalue weighted by atomic mass is 35.5. The molecule has 4 nitrogen and oxygen atoms in total. The van der Waals surface area contributed by atoms with E-state index in [-0.39, 0.29) is 0 Å². The maximum absolute atomic E-state index is 12.4. The predicted octanol–water partition coefficient (Wildman–Crippen LogP) is 4.79. The fourth-order valence-electron chi connectivity index (χ4n) is 2.10. The molecule has 1 heterocycles. The maximum Gasteiger partial charge on any atom is 0.355 e. The SMILES string of the molecule is COc1ccc(OC(=O)c2sc3cc(OC)ccc3c2Cl)cc1. The molecule has 118 valence electrons. The lowest BCUT2D eigenvalue weighted by molar-refractivity contribution is 0.0740. The predicted molar refractivity (Wildman–Crippen MR) is 91.3 cm³/mol. The third-order valence-corrected chi connectivity index (χ3v) is 4.93. The monoisotopic (exact) mass is 348 g/mol. The summed E-state index contributed by atoms with van der Waals surface area (Å²) in [5.74, 6) is 1.35. The summed E-state index contributed by atoms with van der Waals surface area (Å²) in [5, 5.41) is 1.20. The molecule has 6 heteroatoms. The summed E-state index contributed by atoms with van der Waals surface area (Å²) in [5.41, 5.74) is 0. The Kier molecular flexibility index (Phi) is 4.41. The van der Waals surface area contributed by atoms with Crippen molar-refractivity contribution in [1.29, 1.82) is 0 Å². The number of fused-ring (bicyclic) bond motifs is 1. The minimum absolute atomic E-state index is 0.366. The largest absolute Gasteiger partial charge is 0.497 e. The van der Waals surface area contributed by atoms with E-state index in [9.17, 15) is 4.79 Å². The zero-order valence-corrected chi connectivity index (χ0v) is 14.0. The van der Waals surface area contributed by atoms with Gasteiger partial charge in [-0.15, -0.1) is 11.3 Å². The van der Waals surface area contributed by atoms with E-state index in [1.54, 1.807) is 44.6 Å². The van der Waals surface area contributed by atoms with Crippen molar-refractivity contribution in [2.24, 2.45) is 0 Å². The number of ether oxygens (including phenoxy) is 3. The Morgan fingerprint density at radius 3 is 2.22 bits per heavy atom. The van der Waals surface area contributed by atoms with Crippen LogP contribution in [0.3, 0.4) is 0 Å². The first-order valence-corrected chi connectivity index (χ1v) is 7.94. The van der Waals surface area contributed by atoms with Crippen molar-refractivity contribution in [2.45, 2.75) is 0 Å². The maximum atomic E-state index is 12.4. The van der Waals surface area contributed by atoms with E-state index in [0.717, 1.165) is 10.1 Å². The first kappa shape index (κ1) is 15.6. The number of esters is 1. The van der Waals surface area contributed by atoms with Crippen LogP contribution in [0.1, 0.15) is 9.67 Å². The summed E-state index contributed by atoms with van der Waals surface area (Å²) in [6.07, 6.45) is 0. The van der Waals surface area contributed by atoms with Gasteiger partial charge >= 0.3 is 5.97 Å². The van der Waals surface area contributed by atoms with Gasteiger partial charge < -0.3 is 14.2 Å². The van der Waals surface area contributed by atoms with Crippen molar-refractivity contribution >= 4 is 39.0 Å². The van der Waals surface area contributed by atoms with Crippen LogP contribution in [0, 0.1) is 0 Å². The highest BCUT2D eigenvalue weighted by molar-refractivity contribution is 7.21. The smallest absolute Gasteiger partial charge is 0.355 e. The molecule has 0 aliphatic heterocycles. The number of hydrogen-bond donors (Lipinski definition) is 0. The molecule has 23 heavy (non-hydrogen) atoms. The molecule has 0 aliphatic rings. The lowest BCUT2D eigenvalue weighted by Crippen LogP contribution is -2.06. The molecular weight excluding hydrogens is 336 g/mol. The lowest BCUT2D eigenvalue weighted by Gasteiger charge is -2.04. The van der Waals surface area contributed by atoms with E-state index < -0.39 is 5.97 Å². The summed E-state index contributed by atoms with van der Waals surface area (Å²) >= 11 is 7.59. The van der Waals surface area contributed by atoms with Crippen LogP contribution >= 0.6 is 22.9 Å². The zero-order valence-electron chi connectivity index (χ0n) is 12.5. The Balaban J connectivity index is 1.89. The minimum Gasteiger partial charge on any atom is -0.497 e. The number of hydrogen-bond acceptors (Lipinski definition) is 5. The van der Waals surface area contributed by atoms with Crippen LogP contribution in [0.25, 0.3) is 10.1 Å². The molecule has 0 unspecified atom stereocenters. The summed E-state index contributed by atoms with van der Waals surface area (Å²) in [6, 6.07) is 12.3. The molecule has 0 saturated carbocycles. The number of thiophene rings is 1. The topological polar surface area (TPSA) is 44.8 Å². The second-order valence-corrected chi connectivity index (χ2v) is 6.10. The number of benzene rings is 2. The van der Waals surface area contributed by atoms with Gasteiger partial charge in [0, 0.05) is 10.1 Å². The van der Waals surface area contributed by atoms with Crippen molar-refractivity contribution < 1.29 is 19.0 Å². The van der Waals surface area contributed by atoms with Crippen molar-refractivity contribution in [3.63, 3.8) is 0 Å². The van der Waals surface area contributed by atoms with E-state index >= 15 is 0 Å². The van der Waals surface area contributed by atoms with Crippen LogP contribution in [-0.4, -0.2) is 20.2 Å². The van der Waals surface area contributed by atoms with E-state index in [1.165, 1.54) is 11.3 Å². The highest BCUT2D eigenvalue weighted by Gasteiger charge is 2.19. The molecule has 3 aromatic rings. The Bertz CT molecular complexity index is 855. The number of methoxy groups -OCH3 is 2. The van der Waals surface area contributed by atoms with Gasteiger partial charge in [0.15, 0.2) is 0 Å². The van der Waals surface area contributed by atoms with Crippen molar-refractivity contribution in [3.05, 3.63) is 52.4 Å². The first-order valence-electron chi connectivity index (χ1n) is 6.74. The van der Waals surface area contributed by atoms with E-state index in [1.807, 2.05) is 12.1 Å². The Labute approximate surface area is 142 Å². The van der Waals surface area contributed by atoms with E-state index in [0.29, 0.717) is 27.1 Å². The van der Waals surface area contributed by atoms with Crippen molar-refractivity contribution in [3.8, 4) is 17.2 Å². The van der Waals surface area contributed by atoms with Gasteiger partial charge in [-0.05, 0) is 42.5 Å². The van der Waals surface area contributed by atoms with Gasteiger partial charge in [0.1, 0.15) is 22.1 Å². The standard InChI is InChI=1S/C17H13ClO4S/c1-20-10-3-5-11(6-4-10)22-17(19)16-15(18)13-8-7-12(21-2)9-14(13)23-16/h3-9H,1-2H3. The van der Waals surface area contributed by atoms with E-state index in [4.69, 9.17) is 25.8 Å². The molecule has 0 fully saturated rings. The Morgan fingerprint density at radius 2 is 1.57 bits per heavy atom. The zero-order chi connectivity index (χ0) is 16.4. The van der Waals surface area contributed by atoms with Gasteiger partial charge in [0.25, 0.3) is 0 Å². The summed E-state index contributed by atoms with van der Waals surface area (Å²) in [4.78, 5) is 12.7. The second-order valence-electron chi connectivity index (χ2n) is 4.67. The Hall–Kier alpha value is -2.24. The summed E-state index contributed by atoms with van der Waals surface area (Å²) in [7, 11) is 3.17. The summed E-state index contributed by atoms with van der Waals surface area (Å²) in [6.45, 7) is 0. The molecular formula is C17H13ClO4S. The number of rotatable bonds is 4. The average molecular weight is 349 g/mol. The van der Waals surface area contributed by atoms with Gasteiger partial charge in [-0.25, -0.2) is 4.79 Å². The number of halogens is 1. The Morgan fingerprint density at radius 1 is 0.957 bits per heavy atom. The van der Waals surface area contributed by atoms with Crippen LogP contribution in [-0.2, 0) is 0 Å². The van der Waals surface area contributed by atoms with Crippen LogP contribution in [0.2, 0.25) is 5.02 Å². The fourth-order valence-corrected chi connectivity index (χ4v) is 3.51.